The second-order valence-electron chi connectivity index (χ2n) is 2.20. The summed E-state index contributed by atoms with van der Waals surface area (Å²) < 4.78 is 6.21. The van der Waals surface area contributed by atoms with Crippen LogP contribution in [-0.4, -0.2) is 23.0 Å². The number of nitrogens with zero attached hydrogens (tertiary/aromatic N) is 1. The summed E-state index contributed by atoms with van der Waals surface area (Å²) in [5, 5.41) is 0. The van der Waals surface area contributed by atoms with Crippen LogP contribution in [0.3, 0.4) is 0 Å². The van der Waals surface area contributed by atoms with Gasteiger partial charge in [0.15, 0.2) is 0 Å². The van der Waals surface area contributed by atoms with Gasteiger partial charge in [-0.25, -0.2) is 9.10 Å². The topological polar surface area (TPSA) is 29.5 Å². The molecule has 0 radical (unpaired) electrons. The average molecular weight is 198 g/mol. The zero-order valence-corrected chi connectivity index (χ0v) is 8.41. The quantitative estimate of drug-likeness (QED) is 0.652. The fourth-order valence-electron chi connectivity index (χ4n) is 0.466. The summed E-state index contributed by atoms with van der Waals surface area (Å²) in [5.74, 6) is 0. The van der Waals surface area contributed by atoms with Crippen molar-refractivity contribution >= 4 is 27.9 Å². The van der Waals surface area contributed by atoms with Crippen molar-refractivity contribution in [2.24, 2.45) is 0 Å². The van der Waals surface area contributed by atoms with Crippen molar-refractivity contribution in [3.8, 4) is 0 Å². The Morgan fingerprint density at radius 2 is 2.27 bits per heavy atom. The molecule has 3 nitrogen and oxygen atoms in total. The molecule has 5 heteroatoms. The van der Waals surface area contributed by atoms with Crippen LogP contribution in [-0.2, 0) is 4.74 Å². The fraction of sp³-hybridized carbons (Fsp3) is 0.833. The molecule has 0 rings (SSSR count). The number of hydrogen-bond donors (Lipinski definition) is 0. The van der Waals surface area contributed by atoms with Crippen molar-refractivity contribution in [2.75, 3.05) is 6.54 Å². The molecule has 0 N–H and O–H groups in total. The average Bonchev–Trinajstić information content (AvgIpc) is 1.88. The van der Waals surface area contributed by atoms with Gasteiger partial charge in [0.05, 0.1) is 17.3 Å². The van der Waals surface area contributed by atoms with E-state index in [1.165, 1.54) is 4.31 Å². The minimum absolute atomic E-state index is 0.0969. The van der Waals surface area contributed by atoms with Crippen LogP contribution in [0.1, 0.15) is 20.8 Å². The number of rotatable bonds is 3. The summed E-state index contributed by atoms with van der Waals surface area (Å²) >= 11 is 0.851. The van der Waals surface area contributed by atoms with Gasteiger partial charge in [-0.2, -0.15) is 0 Å². The minimum Gasteiger partial charge on any atom is -0.446 e. The Morgan fingerprint density at radius 1 is 1.73 bits per heavy atom. The van der Waals surface area contributed by atoms with E-state index in [1.807, 2.05) is 6.92 Å². The van der Waals surface area contributed by atoms with E-state index in [9.17, 15) is 4.79 Å². The fourth-order valence-corrected chi connectivity index (χ4v) is 1.13. The smallest absolute Gasteiger partial charge is 0.421 e. The van der Waals surface area contributed by atoms with Gasteiger partial charge in [0.1, 0.15) is 0 Å². The highest BCUT2D eigenvalue weighted by atomic mass is 35.7. The highest BCUT2D eigenvalue weighted by Gasteiger charge is 2.13. The minimum atomic E-state index is -0.387. The number of halogens is 1. The molecule has 66 valence electrons. The second-order valence-corrected chi connectivity index (χ2v) is 3.19. The van der Waals surface area contributed by atoms with Gasteiger partial charge in [0.2, 0.25) is 0 Å². The molecule has 11 heavy (non-hydrogen) atoms. The van der Waals surface area contributed by atoms with Crippen LogP contribution in [0.15, 0.2) is 0 Å². The van der Waals surface area contributed by atoms with Gasteiger partial charge < -0.3 is 4.74 Å². The Kier molecular flexibility index (Phi) is 5.50. The lowest BCUT2D eigenvalue weighted by atomic mass is 10.5. The van der Waals surface area contributed by atoms with Crippen LogP contribution in [0.5, 0.6) is 0 Å². The van der Waals surface area contributed by atoms with Crippen LogP contribution >= 0.6 is 21.8 Å². The Labute approximate surface area is 75.7 Å². The van der Waals surface area contributed by atoms with Gasteiger partial charge in [0.25, 0.3) is 0 Å². The highest BCUT2D eigenvalue weighted by molar-refractivity contribution is 8.19. The molecule has 0 fully saturated rings. The zero-order chi connectivity index (χ0) is 8.85. The Morgan fingerprint density at radius 3 is 2.55 bits per heavy atom. The van der Waals surface area contributed by atoms with E-state index >= 15 is 0 Å². The molecule has 0 aliphatic rings. The first-order chi connectivity index (χ1) is 5.11. The summed E-state index contributed by atoms with van der Waals surface area (Å²) in [6, 6.07) is 0. The van der Waals surface area contributed by atoms with E-state index < -0.39 is 0 Å². The molecular weight excluding hydrogens is 186 g/mol. The van der Waals surface area contributed by atoms with Crippen LogP contribution in [0.25, 0.3) is 0 Å². The summed E-state index contributed by atoms with van der Waals surface area (Å²) in [7, 11) is 5.39. The lowest BCUT2D eigenvalue weighted by Gasteiger charge is -2.16. The highest BCUT2D eigenvalue weighted by Crippen LogP contribution is 2.15. The summed E-state index contributed by atoms with van der Waals surface area (Å²) in [5.41, 5.74) is 0. The first-order valence-electron chi connectivity index (χ1n) is 3.38. The van der Waals surface area contributed by atoms with Crippen molar-refractivity contribution in [3.63, 3.8) is 0 Å². The van der Waals surface area contributed by atoms with E-state index in [2.05, 4.69) is 0 Å². The molecule has 0 aromatic carbocycles. The second kappa shape index (κ2) is 5.55. The monoisotopic (exact) mass is 197 g/mol. The van der Waals surface area contributed by atoms with Gasteiger partial charge in [-0.05, 0) is 31.5 Å². The van der Waals surface area contributed by atoms with E-state index in [0.717, 1.165) is 11.2 Å². The van der Waals surface area contributed by atoms with Gasteiger partial charge in [-0.15, -0.1) is 0 Å². The van der Waals surface area contributed by atoms with Crippen LogP contribution < -0.4 is 0 Å². The maximum Gasteiger partial charge on any atom is 0.421 e. The maximum absolute atomic E-state index is 11.0. The SMILES string of the molecule is CCN(SCl)C(=O)OC(C)C. The van der Waals surface area contributed by atoms with E-state index in [4.69, 9.17) is 15.4 Å². The van der Waals surface area contributed by atoms with E-state index in [0.29, 0.717) is 6.54 Å². The Balaban J connectivity index is 3.79. The zero-order valence-electron chi connectivity index (χ0n) is 6.83. The number of carbonyl (C=O) groups is 1. The third kappa shape index (κ3) is 4.37. The predicted octanol–water partition coefficient (Wildman–Crippen LogP) is 2.66. The number of hydrogen-bond acceptors (Lipinski definition) is 3. The van der Waals surface area contributed by atoms with Crippen LogP contribution in [0, 0.1) is 0 Å². The van der Waals surface area contributed by atoms with Gasteiger partial charge in [0, 0.05) is 6.54 Å². The van der Waals surface area contributed by atoms with Gasteiger partial charge in [-0.3, -0.25) is 0 Å². The molecule has 0 saturated heterocycles. The molecule has 0 aromatic rings. The van der Waals surface area contributed by atoms with Crippen LogP contribution in [0.2, 0.25) is 0 Å². The molecule has 0 unspecified atom stereocenters. The third-order valence-electron chi connectivity index (χ3n) is 0.911. The molecule has 0 aliphatic heterocycles. The van der Waals surface area contributed by atoms with Crippen molar-refractivity contribution in [2.45, 2.75) is 26.9 Å². The Bertz CT molecular complexity index is 128. The van der Waals surface area contributed by atoms with Gasteiger partial charge in [-0.1, -0.05) is 0 Å². The van der Waals surface area contributed by atoms with E-state index in [1.54, 1.807) is 13.8 Å². The standard InChI is InChI=1S/C6H12ClNO2S/c1-4-8(11-7)6(9)10-5(2)3/h5H,4H2,1-3H3. The Hall–Kier alpha value is -0.0900. The molecule has 0 heterocycles. The molecule has 0 bridgehead atoms. The lowest BCUT2D eigenvalue weighted by molar-refractivity contribution is 0.100. The number of carbonyl (C=O) groups excluding carboxylic acids is 1. The van der Waals surface area contributed by atoms with Crippen molar-refractivity contribution in [3.05, 3.63) is 0 Å². The van der Waals surface area contributed by atoms with Crippen molar-refractivity contribution in [1.82, 2.24) is 4.31 Å². The van der Waals surface area contributed by atoms with Crippen LogP contribution in [0.4, 0.5) is 4.79 Å². The summed E-state index contributed by atoms with van der Waals surface area (Å²) in [6.45, 7) is 5.96. The number of ether oxygens (including phenoxy) is 1. The molecule has 0 aliphatic carbocycles. The normalized spacial score (nSPS) is 9.91. The summed E-state index contributed by atoms with van der Waals surface area (Å²) in [6.07, 6.45) is -0.483. The first-order valence-corrected chi connectivity index (χ1v) is 4.98. The van der Waals surface area contributed by atoms with Crippen molar-refractivity contribution < 1.29 is 9.53 Å². The van der Waals surface area contributed by atoms with Gasteiger partial charge >= 0.3 is 6.09 Å². The molecule has 1 amide bonds. The molecule has 0 aromatic heterocycles. The third-order valence-corrected chi connectivity index (χ3v) is 1.98. The number of amides is 1. The maximum atomic E-state index is 11.0. The largest absolute Gasteiger partial charge is 0.446 e. The summed E-state index contributed by atoms with van der Waals surface area (Å²) in [4.78, 5) is 11.0. The molecular formula is C6H12ClNO2S. The van der Waals surface area contributed by atoms with Crippen molar-refractivity contribution in [1.29, 1.82) is 0 Å². The first kappa shape index (κ1) is 10.9. The van der Waals surface area contributed by atoms with E-state index in [-0.39, 0.29) is 12.2 Å². The lowest BCUT2D eigenvalue weighted by Crippen LogP contribution is -2.26. The molecule has 0 atom stereocenters. The molecule has 0 saturated carbocycles. The molecule has 0 spiro atoms. The predicted molar refractivity (Wildman–Crippen MR) is 47.4 cm³/mol.